The number of nitrogens with one attached hydrogen (secondary N) is 1. The molecule has 0 aromatic carbocycles. The van der Waals surface area contributed by atoms with Gasteiger partial charge in [0.2, 0.25) is 5.91 Å². The van der Waals surface area contributed by atoms with Crippen LogP contribution in [0.3, 0.4) is 0 Å². The molecule has 0 aliphatic carbocycles. The molecular formula is C15H20N2O2. The van der Waals surface area contributed by atoms with Gasteiger partial charge in [-0.1, -0.05) is 32.3 Å². The Balaban J connectivity index is 2.62. The normalized spacial score (nSPS) is 11.3. The third-order valence-corrected chi connectivity index (χ3v) is 2.70. The SMILES string of the molecule is CCC(C)CC(=O)Nc1cccc(C#CCCO)n1. The summed E-state index contributed by atoms with van der Waals surface area (Å²) in [4.78, 5) is 16.0. The molecule has 0 spiro atoms. The minimum absolute atomic E-state index is 0.0256. The van der Waals surface area contributed by atoms with Crippen molar-refractivity contribution in [3.63, 3.8) is 0 Å². The fourth-order valence-electron chi connectivity index (χ4n) is 1.44. The minimum atomic E-state index is -0.0256. The van der Waals surface area contributed by atoms with Gasteiger partial charge in [-0.05, 0) is 24.0 Å². The molecule has 1 heterocycles. The monoisotopic (exact) mass is 260 g/mol. The van der Waals surface area contributed by atoms with Crippen molar-refractivity contribution in [2.75, 3.05) is 11.9 Å². The van der Waals surface area contributed by atoms with Gasteiger partial charge in [-0.25, -0.2) is 4.98 Å². The Kier molecular flexibility index (Phi) is 6.62. The van der Waals surface area contributed by atoms with Gasteiger partial charge in [-0.2, -0.15) is 0 Å². The summed E-state index contributed by atoms with van der Waals surface area (Å²) in [5, 5.41) is 11.4. The van der Waals surface area contributed by atoms with Crippen LogP contribution in [0.25, 0.3) is 0 Å². The van der Waals surface area contributed by atoms with E-state index in [1.165, 1.54) is 0 Å². The topological polar surface area (TPSA) is 62.2 Å². The number of carbonyl (C=O) groups is 1. The van der Waals surface area contributed by atoms with Crippen molar-refractivity contribution >= 4 is 11.7 Å². The maximum atomic E-state index is 11.7. The number of hydrogen-bond acceptors (Lipinski definition) is 3. The lowest BCUT2D eigenvalue weighted by Gasteiger charge is -2.08. The molecule has 0 aliphatic heterocycles. The van der Waals surface area contributed by atoms with E-state index in [0.717, 1.165) is 6.42 Å². The average molecular weight is 260 g/mol. The summed E-state index contributed by atoms with van der Waals surface area (Å²) in [7, 11) is 0. The van der Waals surface area contributed by atoms with Crippen molar-refractivity contribution < 1.29 is 9.90 Å². The highest BCUT2D eigenvalue weighted by Crippen LogP contribution is 2.09. The third kappa shape index (κ3) is 6.03. The van der Waals surface area contributed by atoms with Crippen molar-refractivity contribution in [3.8, 4) is 11.8 Å². The number of anilines is 1. The number of carbonyl (C=O) groups excluding carboxylic acids is 1. The van der Waals surface area contributed by atoms with E-state index in [9.17, 15) is 4.79 Å². The van der Waals surface area contributed by atoms with Gasteiger partial charge >= 0.3 is 0 Å². The van der Waals surface area contributed by atoms with Crippen LogP contribution >= 0.6 is 0 Å². The van der Waals surface area contributed by atoms with Crippen LogP contribution in [0.1, 0.15) is 38.8 Å². The van der Waals surface area contributed by atoms with Gasteiger partial charge in [-0.15, -0.1) is 0 Å². The lowest BCUT2D eigenvalue weighted by Crippen LogP contribution is -2.15. The minimum Gasteiger partial charge on any atom is -0.395 e. The Morgan fingerprint density at radius 3 is 3.00 bits per heavy atom. The van der Waals surface area contributed by atoms with Crippen LogP contribution in [0.2, 0.25) is 0 Å². The lowest BCUT2D eigenvalue weighted by atomic mass is 10.1. The van der Waals surface area contributed by atoms with E-state index >= 15 is 0 Å². The molecule has 0 aliphatic rings. The van der Waals surface area contributed by atoms with E-state index in [1.807, 2.05) is 6.92 Å². The predicted molar refractivity (Wildman–Crippen MR) is 75.5 cm³/mol. The third-order valence-electron chi connectivity index (χ3n) is 2.70. The molecule has 1 atom stereocenters. The van der Waals surface area contributed by atoms with Gasteiger partial charge in [0.15, 0.2) is 0 Å². The van der Waals surface area contributed by atoms with Gasteiger partial charge in [0.25, 0.3) is 0 Å². The standard InChI is InChI=1S/C15H20N2O2/c1-3-12(2)11-15(19)17-14-9-6-8-13(16-14)7-4-5-10-18/h6,8-9,12,18H,3,5,10-11H2,1-2H3,(H,16,17,19). The predicted octanol–water partition coefficient (Wildman–Crippen LogP) is 2.19. The summed E-state index contributed by atoms with van der Waals surface area (Å²) in [6, 6.07) is 5.31. The summed E-state index contributed by atoms with van der Waals surface area (Å²) in [5.41, 5.74) is 0.592. The summed E-state index contributed by atoms with van der Waals surface area (Å²) >= 11 is 0. The van der Waals surface area contributed by atoms with Crippen LogP contribution in [0.4, 0.5) is 5.82 Å². The Hall–Kier alpha value is -1.86. The first-order chi connectivity index (χ1) is 9.15. The fourth-order valence-corrected chi connectivity index (χ4v) is 1.44. The second-order valence-electron chi connectivity index (χ2n) is 4.45. The van der Waals surface area contributed by atoms with Crippen molar-refractivity contribution in [2.45, 2.75) is 33.1 Å². The van der Waals surface area contributed by atoms with Crippen LogP contribution in [-0.2, 0) is 4.79 Å². The highest BCUT2D eigenvalue weighted by molar-refractivity contribution is 5.89. The Labute approximate surface area is 114 Å². The van der Waals surface area contributed by atoms with E-state index in [1.54, 1.807) is 18.2 Å². The number of amides is 1. The molecule has 0 bridgehead atoms. The summed E-state index contributed by atoms with van der Waals surface area (Å²) in [6.45, 7) is 4.15. The first-order valence-electron chi connectivity index (χ1n) is 6.52. The number of aromatic nitrogens is 1. The van der Waals surface area contributed by atoms with Crippen molar-refractivity contribution in [1.29, 1.82) is 0 Å². The van der Waals surface area contributed by atoms with Gasteiger partial charge in [0, 0.05) is 12.8 Å². The molecular weight excluding hydrogens is 240 g/mol. The average Bonchev–Trinajstić information content (AvgIpc) is 2.39. The molecule has 1 rings (SSSR count). The quantitative estimate of drug-likeness (QED) is 0.798. The van der Waals surface area contributed by atoms with Gasteiger partial charge in [0.1, 0.15) is 11.5 Å². The van der Waals surface area contributed by atoms with Gasteiger partial charge in [-0.3, -0.25) is 4.79 Å². The molecule has 0 saturated heterocycles. The molecule has 0 fully saturated rings. The zero-order valence-electron chi connectivity index (χ0n) is 11.4. The van der Waals surface area contributed by atoms with Crippen molar-refractivity contribution in [1.82, 2.24) is 4.98 Å². The fraction of sp³-hybridized carbons (Fsp3) is 0.467. The molecule has 4 nitrogen and oxygen atoms in total. The number of hydrogen-bond donors (Lipinski definition) is 2. The number of nitrogens with zero attached hydrogens (tertiary/aromatic N) is 1. The maximum absolute atomic E-state index is 11.7. The van der Waals surface area contributed by atoms with E-state index in [0.29, 0.717) is 30.3 Å². The molecule has 4 heteroatoms. The van der Waals surface area contributed by atoms with E-state index in [-0.39, 0.29) is 12.5 Å². The Bertz CT molecular complexity index is 475. The molecule has 2 N–H and O–H groups in total. The van der Waals surface area contributed by atoms with E-state index in [2.05, 4.69) is 29.1 Å². The smallest absolute Gasteiger partial charge is 0.225 e. The number of pyridine rings is 1. The lowest BCUT2D eigenvalue weighted by molar-refractivity contribution is -0.117. The molecule has 1 aromatic heterocycles. The molecule has 1 amide bonds. The summed E-state index contributed by atoms with van der Waals surface area (Å²) < 4.78 is 0. The van der Waals surface area contributed by atoms with Crippen molar-refractivity contribution in [3.05, 3.63) is 23.9 Å². The second kappa shape index (κ2) is 8.28. The maximum Gasteiger partial charge on any atom is 0.225 e. The molecule has 102 valence electrons. The Morgan fingerprint density at radius 1 is 1.53 bits per heavy atom. The summed E-state index contributed by atoms with van der Waals surface area (Å²) in [6.07, 6.45) is 1.90. The summed E-state index contributed by atoms with van der Waals surface area (Å²) in [5.74, 6) is 6.50. The first kappa shape index (κ1) is 15.2. The zero-order valence-corrected chi connectivity index (χ0v) is 11.4. The zero-order chi connectivity index (χ0) is 14.1. The Morgan fingerprint density at radius 2 is 2.32 bits per heavy atom. The highest BCUT2D eigenvalue weighted by atomic mass is 16.2. The van der Waals surface area contributed by atoms with E-state index < -0.39 is 0 Å². The number of rotatable bonds is 5. The van der Waals surface area contributed by atoms with Gasteiger partial charge < -0.3 is 10.4 Å². The van der Waals surface area contributed by atoms with Crippen LogP contribution in [0.15, 0.2) is 18.2 Å². The van der Waals surface area contributed by atoms with Crippen molar-refractivity contribution in [2.24, 2.45) is 5.92 Å². The first-order valence-corrected chi connectivity index (χ1v) is 6.52. The van der Waals surface area contributed by atoms with Crippen LogP contribution < -0.4 is 5.32 Å². The van der Waals surface area contributed by atoms with E-state index in [4.69, 9.17) is 5.11 Å². The molecule has 0 saturated carbocycles. The molecule has 0 radical (unpaired) electrons. The van der Waals surface area contributed by atoms with Crippen LogP contribution in [0, 0.1) is 17.8 Å². The molecule has 19 heavy (non-hydrogen) atoms. The molecule has 1 aromatic rings. The number of aliphatic hydroxyl groups excluding tert-OH is 1. The largest absolute Gasteiger partial charge is 0.395 e. The number of aliphatic hydroxyl groups is 1. The molecule has 1 unspecified atom stereocenters. The van der Waals surface area contributed by atoms with Crippen LogP contribution in [0.5, 0.6) is 0 Å². The van der Waals surface area contributed by atoms with Gasteiger partial charge in [0.05, 0.1) is 6.61 Å². The second-order valence-corrected chi connectivity index (χ2v) is 4.45. The van der Waals surface area contributed by atoms with Crippen LogP contribution in [-0.4, -0.2) is 22.6 Å². The highest BCUT2D eigenvalue weighted by Gasteiger charge is 2.08.